The lowest BCUT2D eigenvalue weighted by molar-refractivity contribution is -0.143. The number of carbonyl (C=O) groups excluding carboxylic acids is 2. The van der Waals surface area contributed by atoms with Crippen LogP contribution in [0.5, 0.6) is 0 Å². The Bertz CT molecular complexity index is 1300. The number of allylic oxidation sites excluding steroid dienone is 3. The zero-order chi connectivity index (χ0) is 59.9. The summed E-state index contributed by atoms with van der Waals surface area (Å²) < 4.78 is 5.52. The molecule has 0 spiro atoms. The summed E-state index contributed by atoms with van der Waals surface area (Å²) in [6, 6.07) is -0.622. The van der Waals surface area contributed by atoms with Crippen molar-refractivity contribution in [1.82, 2.24) is 5.32 Å². The number of aliphatic hydroxyl groups is 2. The highest BCUT2D eigenvalue weighted by molar-refractivity contribution is 5.76. The molecule has 6 heteroatoms. The number of unbranched alkanes of at least 4 members (excludes halogenated alkanes) is 59. The van der Waals surface area contributed by atoms with E-state index in [0.717, 1.165) is 38.5 Å². The minimum atomic E-state index is -0.839. The molecule has 0 radical (unpaired) electrons. The van der Waals surface area contributed by atoms with E-state index in [9.17, 15) is 19.8 Å². The van der Waals surface area contributed by atoms with Crippen molar-refractivity contribution in [3.63, 3.8) is 0 Å². The van der Waals surface area contributed by atoms with Crippen LogP contribution in [0.2, 0.25) is 0 Å². The Morgan fingerprint density at radius 3 is 0.855 bits per heavy atom. The van der Waals surface area contributed by atoms with E-state index in [-0.39, 0.29) is 18.5 Å². The lowest BCUT2D eigenvalue weighted by Gasteiger charge is -2.20. The van der Waals surface area contributed by atoms with Gasteiger partial charge in [-0.15, -0.1) is 0 Å². The first-order valence-electron chi connectivity index (χ1n) is 38.1. The number of rotatable bonds is 72. The van der Waals surface area contributed by atoms with Gasteiger partial charge in [-0.05, 0) is 57.8 Å². The first kappa shape index (κ1) is 81.3. The smallest absolute Gasteiger partial charge is 0.305 e. The highest BCUT2D eigenvalue weighted by Crippen LogP contribution is 2.20. The van der Waals surface area contributed by atoms with Gasteiger partial charge in [0.25, 0.3) is 0 Å². The Hall–Kier alpha value is -1.66. The highest BCUT2D eigenvalue weighted by Gasteiger charge is 2.18. The largest absolute Gasteiger partial charge is 0.466 e. The highest BCUT2D eigenvalue weighted by atomic mass is 16.5. The molecule has 6 nitrogen and oxygen atoms in total. The molecule has 0 bridgehead atoms. The lowest BCUT2D eigenvalue weighted by Crippen LogP contribution is -2.45. The molecule has 0 fully saturated rings. The van der Waals surface area contributed by atoms with Gasteiger partial charge in [-0.3, -0.25) is 9.59 Å². The molecule has 83 heavy (non-hydrogen) atoms. The number of esters is 1. The van der Waals surface area contributed by atoms with E-state index in [2.05, 4.69) is 31.3 Å². The van der Waals surface area contributed by atoms with E-state index in [0.29, 0.717) is 19.4 Å². The quantitative estimate of drug-likeness (QED) is 0.0320. The first-order chi connectivity index (χ1) is 41.0. The van der Waals surface area contributed by atoms with Crippen molar-refractivity contribution in [2.45, 2.75) is 443 Å². The van der Waals surface area contributed by atoms with Gasteiger partial charge >= 0.3 is 5.97 Å². The van der Waals surface area contributed by atoms with Crippen LogP contribution in [0.1, 0.15) is 431 Å². The number of carbonyl (C=O) groups is 2. The van der Waals surface area contributed by atoms with Crippen molar-refractivity contribution in [2.24, 2.45) is 0 Å². The molecule has 3 N–H and O–H groups in total. The van der Waals surface area contributed by atoms with Crippen LogP contribution in [0.15, 0.2) is 24.3 Å². The summed E-state index contributed by atoms with van der Waals surface area (Å²) in [6.07, 6.45) is 93.0. The fraction of sp³-hybridized carbons (Fsp3) is 0.922. The summed E-state index contributed by atoms with van der Waals surface area (Å²) in [5.41, 5.74) is 0. The van der Waals surface area contributed by atoms with Gasteiger partial charge in [0.2, 0.25) is 5.91 Å². The van der Waals surface area contributed by atoms with Gasteiger partial charge in [0.1, 0.15) is 0 Å². The SMILES string of the molecule is CCCCCCCC/C=C\CCCCCCCCCCCC(=O)OCCCCCCCCCCCCCCCCCCCCCCCCCCCCCCCCCCCCCC(=O)NC(CO)C(O)/C=C/CCCCCCCCCCCC. The predicted octanol–water partition coefficient (Wildman–Crippen LogP) is 24.9. The van der Waals surface area contributed by atoms with E-state index in [1.54, 1.807) is 6.08 Å². The normalized spacial score (nSPS) is 12.6. The van der Waals surface area contributed by atoms with E-state index in [4.69, 9.17) is 4.74 Å². The molecular weight excluding hydrogens is 1020 g/mol. The van der Waals surface area contributed by atoms with E-state index >= 15 is 0 Å². The molecule has 0 saturated heterocycles. The summed E-state index contributed by atoms with van der Waals surface area (Å²) in [5.74, 6) is -0.0385. The zero-order valence-corrected chi connectivity index (χ0v) is 56.5. The van der Waals surface area contributed by atoms with Crippen molar-refractivity contribution in [1.29, 1.82) is 0 Å². The van der Waals surface area contributed by atoms with Crippen LogP contribution in [-0.4, -0.2) is 47.4 Å². The number of hydrogen-bond acceptors (Lipinski definition) is 5. The molecule has 0 aliphatic carbocycles. The molecule has 0 aromatic heterocycles. The Balaban J connectivity index is 3.29. The summed E-state index contributed by atoms with van der Waals surface area (Å²) in [6.45, 7) is 4.93. The van der Waals surface area contributed by atoms with Gasteiger partial charge in [-0.25, -0.2) is 0 Å². The molecule has 1 amide bonds. The summed E-state index contributed by atoms with van der Waals surface area (Å²) in [7, 11) is 0. The van der Waals surface area contributed by atoms with Crippen molar-refractivity contribution < 1.29 is 24.5 Å². The minimum Gasteiger partial charge on any atom is -0.466 e. The summed E-state index contributed by atoms with van der Waals surface area (Å²) in [5, 5.41) is 23.1. The van der Waals surface area contributed by atoms with Gasteiger partial charge in [-0.1, -0.05) is 385 Å². The average Bonchev–Trinajstić information content (AvgIpc) is 3.49. The van der Waals surface area contributed by atoms with Gasteiger partial charge < -0.3 is 20.3 Å². The van der Waals surface area contributed by atoms with E-state index in [1.165, 1.54) is 366 Å². The van der Waals surface area contributed by atoms with Crippen molar-refractivity contribution in [3.8, 4) is 0 Å². The number of nitrogens with one attached hydrogen (secondary N) is 1. The minimum absolute atomic E-state index is 0.0227. The number of ether oxygens (including phenoxy) is 1. The van der Waals surface area contributed by atoms with Crippen molar-refractivity contribution in [3.05, 3.63) is 24.3 Å². The second-order valence-electron chi connectivity index (χ2n) is 26.3. The number of hydrogen-bond donors (Lipinski definition) is 3. The molecule has 0 rings (SSSR count). The van der Waals surface area contributed by atoms with Gasteiger partial charge in [0.05, 0.1) is 25.4 Å². The van der Waals surface area contributed by atoms with Gasteiger partial charge in [0, 0.05) is 12.8 Å². The Morgan fingerprint density at radius 1 is 0.325 bits per heavy atom. The van der Waals surface area contributed by atoms with Gasteiger partial charge in [-0.2, -0.15) is 0 Å². The zero-order valence-electron chi connectivity index (χ0n) is 56.5. The molecule has 492 valence electrons. The fourth-order valence-corrected chi connectivity index (χ4v) is 12.2. The van der Waals surface area contributed by atoms with E-state index < -0.39 is 12.1 Å². The molecule has 2 atom stereocenters. The third-order valence-corrected chi connectivity index (χ3v) is 18.0. The summed E-state index contributed by atoms with van der Waals surface area (Å²) in [4.78, 5) is 24.6. The maximum absolute atomic E-state index is 12.5. The average molecular weight is 1170 g/mol. The summed E-state index contributed by atoms with van der Waals surface area (Å²) >= 11 is 0. The Kier molecular flexibility index (Phi) is 71.4. The fourth-order valence-electron chi connectivity index (χ4n) is 12.2. The van der Waals surface area contributed by atoms with Crippen molar-refractivity contribution in [2.75, 3.05) is 13.2 Å². The van der Waals surface area contributed by atoms with Crippen LogP contribution < -0.4 is 5.32 Å². The standard InChI is InChI=1S/C77H149NO5/c1-3-5-7-9-11-13-15-17-18-19-37-41-44-47-51-55-59-63-67-71-77(82)83-72-68-64-60-56-52-48-45-42-39-36-34-32-30-28-26-24-22-20-21-23-25-27-29-31-33-35-38-40-43-46-50-54-58-62-66-70-76(81)78-74(73-79)75(80)69-65-61-57-53-49-16-14-12-10-8-6-4-2/h17-18,65,69,74-75,79-80H,3-16,19-64,66-68,70-73H2,1-2H3,(H,78,81)/b18-17-,69-65+. The second kappa shape index (κ2) is 72.8. The molecule has 0 aliphatic rings. The van der Waals surface area contributed by atoms with Crippen LogP contribution in [0, 0.1) is 0 Å². The molecule has 0 aromatic carbocycles. The topological polar surface area (TPSA) is 95.9 Å². The lowest BCUT2D eigenvalue weighted by atomic mass is 10.0. The van der Waals surface area contributed by atoms with Crippen LogP contribution in [0.4, 0.5) is 0 Å². The maximum Gasteiger partial charge on any atom is 0.305 e. The Morgan fingerprint density at radius 2 is 0.566 bits per heavy atom. The molecule has 0 aromatic rings. The molecule has 0 aliphatic heterocycles. The Labute approximate surface area is 520 Å². The molecular formula is C77H149NO5. The van der Waals surface area contributed by atoms with E-state index in [1.807, 2.05) is 6.08 Å². The number of amides is 1. The second-order valence-corrected chi connectivity index (χ2v) is 26.3. The molecule has 0 saturated carbocycles. The van der Waals surface area contributed by atoms with Gasteiger partial charge in [0.15, 0.2) is 0 Å². The molecule has 2 unspecified atom stereocenters. The first-order valence-corrected chi connectivity index (χ1v) is 38.1. The van der Waals surface area contributed by atoms with Crippen molar-refractivity contribution >= 4 is 11.9 Å². The van der Waals surface area contributed by atoms with Crippen LogP contribution >= 0.6 is 0 Å². The van der Waals surface area contributed by atoms with Crippen LogP contribution in [0.3, 0.4) is 0 Å². The third kappa shape index (κ3) is 69.3. The monoisotopic (exact) mass is 1170 g/mol. The van der Waals surface area contributed by atoms with Crippen LogP contribution in [-0.2, 0) is 14.3 Å². The molecule has 0 heterocycles. The maximum atomic E-state index is 12.5. The van der Waals surface area contributed by atoms with Crippen LogP contribution in [0.25, 0.3) is 0 Å². The third-order valence-electron chi connectivity index (χ3n) is 18.0. The number of aliphatic hydroxyl groups excluding tert-OH is 2. The predicted molar refractivity (Wildman–Crippen MR) is 366 cm³/mol.